The molecule has 1 heterocycles. The van der Waals surface area contributed by atoms with Crippen LogP contribution in [0.1, 0.15) is 37.0 Å². The van der Waals surface area contributed by atoms with Crippen molar-refractivity contribution < 1.29 is 9.18 Å². The Balaban J connectivity index is 2.26. The van der Waals surface area contributed by atoms with Crippen LogP contribution in [0.15, 0.2) is 12.3 Å². The Bertz CT molecular complexity index is 472. The number of nitrogens with zero attached hydrogens (tertiary/aromatic N) is 2. The minimum Gasteiger partial charge on any atom is -0.371 e. The van der Waals surface area contributed by atoms with Crippen LogP contribution in [0.4, 0.5) is 10.2 Å². The number of carbonyl (C=O) groups excluding carboxylic acids is 1. The summed E-state index contributed by atoms with van der Waals surface area (Å²) < 4.78 is 14.1. The van der Waals surface area contributed by atoms with Crippen molar-refractivity contribution in [2.45, 2.75) is 32.7 Å². The summed E-state index contributed by atoms with van der Waals surface area (Å²) in [6.07, 6.45) is 3.50. The second-order valence-electron chi connectivity index (χ2n) is 5.35. The molecule has 5 heteroatoms. The maximum Gasteiger partial charge on any atom is 0.257 e. The third kappa shape index (κ3) is 3.03. The van der Waals surface area contributed by atoms with E-state index in [0.29, 0.717) is 12.5 Å². The topological polar surface area (TPSA) is 45.2 Å². The minimum atomic E-state index is -0.565. The highest BCUT2D eigenvalue weighted by Gasteiger charge is 2.34. The predicted molar refractivity (Wildman–Crippen MR) is 72.6 cm³/mol. The van der Waals surface area contributed by atoms with Gasteiger partial charge in [-0.3, -0.25) is 4.79 Å². The van der Waals surface area contributed by atoms with Crippen molar-refractivity contribution in [2.75, 3.05) is 18.9 Å². The number of pyridine rings is 1. The number of aromatic nitrogens is 1. The molecule has 1 amide bonds. The zero-order chi connectivity index (χ0) is 14.0. The molecule has 4 nitrogen and oxygen atoms in total. The summed E-state index contributed by atoms with van der Waals surface area (Å²) in [7, 11) is 1.59. The van der Waals surface area contributed by atoms with Gasteiger partial charge in [0.1, 0.15) is 0 Å². The van der Waals surface area contributed by atoms with Gasteiger partial charge in [-0.2, -0.15) is 0 Å². The van der Waals surface area contributed by atoms with Gasteiger partial charge in [0.05, 0.1) is 5.56 Å². The van der Waals surface area contributed by atoms with Crippen LogP contribution in [0, 0.1) is 11.7 Å². The molecule has 0 spiro atoms. The van der Waals surface area contributed by atoms with E-state index in [1.54, 1.807) is 11.9 Å². The fraction of sp³-hybridized carbons (Fsp3) is 0.571. The molecule has 0 unspecified atom stereocenters. The maximum absolute atomic E-state index is 14.1. The smallest absolute Gasteiger partial charge is 0.257 e. The number of rotatable bonds is 5. The Morgan fingerprint density at radius 1 is 1.58 bits per heavy atom. The summed E-state index contributed by atoms with van der Waals surface area (Å²) in [6, 6.07) is 1.73. The van der Waals surface area contributed by atoms with Gasteiger partial charge in [0, 0.05) is 25.8 Å². The number of halogens is 1. The quantitative estimate of drug-likeness (QED) is 0.889. The molecule has 2 rings (SSSR count). The summed E-state index contributed by atoms with van der Waals surface area (Å²) >= 11 is 0. The standard InChI is InChI=1S/C14H20FN3O/c1-9(2)8-18(10-4-5-10)14(19)11-6-7-17-13(16-3)12(11)15/h6-7,9-10H,4-5,8H2,1-3H3,(H,16,17). The van der Waals surface area contributed by atoms with Crippen molar-refractivity contribution in [3.63, 3.8) is 0 Å². The Morgan fingerprint density at radius 3 is 2.79 bits per heavy atom. The fourth-order valence-electron chi connectivity index (χ4n) is 2.12. The highest BCUT2D eigenvalue weighted by atomic mass is 19.1. The first-order chi connectivity index (χ1) is 9.04. The van der Waals surface area contributed by atoms with Crippen LogP contribution in [0.2, 0.25) is 0 Å². The zero-order valence-electron chi connectivity index (χ0n) is 11.6. The third-order valence-electron chi connectivity index (χ3n) is 3.17. The van der Waals surface area contributed by atoms with E-state index in [1.807, 2.05) is 0 Å². The van der Waals surface area contributed by atoms with E-state index in [4.69, 9.17) is 0 Å². The van der Waals surface area contributed by atoms with Crippen LogP contribution < -0.4 is 5.32 Å². The van der Waals surface area contributed by atoms with Crippen molar-refractivity contribution >= 4 is 11.7 Å². The molecule has 0 saturated heterocycles. The predicted octanol–water partition coefficient (Wildman–Crippen LogP) is 2.52. The van der Waals surface area contributed by atoms with Crippen molar-refractivity contribution in [1.82, 2.24) is 9.88 Å². The lowest BCUT2D eigenvalue weighted by molar-refractivity contribution is 0.0717. The van der Waals surface area contributed by atoms with Gasteiger partial charge >= 0.3 is 0 Å². The lowest BCUT2D eigenvalue weighted by Crippen LogP contribution is -2.36. The summed E-state index contributed by atoms with van der Waals surface area (Å²) in [6.45, 7) is 4.79. The molecule has 104 valence electrons. The second kappa shape index (κ2) is 5.55. The minimum absolute atomic E-state index is 0.104. The van der Waals surface area contributed by atoms with Gasteiger partial charge in [-0.05, 0) is 24.8 Å². The van der Waals surface area contributed by atoms with Gasteiger partial charge in [-0.1, -0.05) is 13.8 Å². The molecule has 1 fully saturated rings. The molecule has 0 radical (unpaired) electrons. The summed E-state index contributed by atoms with van der Waals surface area (Å²) in [5, 5.41) is 2.66. The first-order valence-electron chi connectivity index (χ1n) is 6.67. The van der Waals surface area contributed by atoms with Crippen LogP contribution in [-0.4, -0.2) is 35.4 Å². The molecule has 19 heavy (non-hydrogen) atoms. The monoisotopic (exact) mass is 265 g/mol. The molecule has 1 N–H and O–H groups in total. The molecule has 0 aliphatic heterocycles. The number of carbonyl (C=O) groups is 1. The maximum atomic E-state index is 14.1. The van der Waals surface area contributed by atoms with Crippen molar-refractivity contribution in [3.8, 4) is 0 Å². The van der Waals surface area contributed by atoms with E-state index >= 15 is 0 Å². The lowest BCUT2D eigenvalue weighted by atomic mass is 10.1. The Labute approximate surface area is 113 Å². The van der Waals surface area contributed by atoms with E-state index in [0.717, 1.165) is 12.8 Å². The number of hydrogen-bond donors (Lipinski definition) is 1. The van der Waals surface area contributed by atoms with Gasteiger partial charge in [-0.15, -0.1) is 0 Å². The van der Waals surface area contributed by atoms with Crippen LogP contribution in [0.25, 0.3) is 0 Å². The van der Waals surface area contributed by atoms with Crippen molar-refractivity contribution in [3.05, 3.63) is 23.6 Å². The van der Waals surface area contributed by atoms with Crippen molar-refractivity contribution in [1.29, 1.82) is 0 Å². The number of hydrogen-bond acceptors (Lipinski definition) is 3. The first kappa shape index (κ1) is 13.8. The van der Waals surface area contributed by atoms with Crippen molar-refractivity contribution in [2.24, 2.45) is 5.92 Å². The second-order valence-corrected chi connectivity index (χ2v) is 5.35. The molecule has 0 atom stereocenters. The third-order valence-corrected chi connectivity index (χ3v) is 3.17. The lowest BCUT2D eigenvalue weighted by Gasteiger charge is -2.24. The molecule has 1 aliphatic carbocycles. The average Bonchev–Trinajstić information content (AvgIpc) is 3.19. The fourth-order valence-corrected chi connectivity index (χ4v) is 2.12. The molecular formula is C14H20FN3O. The van der Waals surface area contributed by atoms with Crippen LogP contribution in [0.5, 0.6) is 0 Å². The molecule has 0 bridgehead atoms. The van der Waals surface area contributed by atoms with E-state index in [-0.39, 0.29) is 23.3 Å². The largest absolute Gasteiger partial charge is 0.371 e. The van der Waals surface area contributed by atoms with Crippen LogP contribution in [0.3, 0.4) is 0 Å². The first-order valence-corrected chi connectivity index (χ1v) is 6.67. The normalized spacial score (nSPS) is 14.6. The molecule has 1 saturated carbocycles. The Hall–Kier alpha value is -1.65. The Morgan fingerprint density at radius 2 is 2.26 bits per heavy atom. The molecule has 1 aromatic rings. The van der Waals surface area contributed by atoms with Gasteiger partial charge in [0.25, 0.3) is 5.91 Å². The summed E-state index contributed by atoms with van der Waals surface area (Å²) in [5.41, 5.74) is 0.104. The van der Waals surface area contributed by atoms with E-state index in [2.05, 4.69) is 24.1 Å². The molecule has 0 aromatic carbocycles. The Kier molecular flexibility index (Phi) is 4.02. The molecule has 1 aliphatic rings. The molecule has 1 aromatic heterocycles. The molecular weight excluding hydrogens is 245 g/mol. The van der Waals surface area contributed by atoms with Gasteiger partial charge in [0.15, 0.2) is 11.6 Å². The van der Waals surface area contributed by atoms with Crippen LogP contribution in [-0.2, 0) is 0 Å². The zero-order valence-corrected chi connectivity index (χ0v) is 11.6. The number of amides is 1. The van der Waals surface area contributed by atoms with Gasteiger partial charge < -0.3 is 10.2 Å². The summed E-state index contributed by atoms with van der Waals surface area (Å²) in [4.78, 5) is 18.1. The summed E-state index contributed by atoms with van der Waals surface area (Å²) in [5.74, 6) is -0.304. The van der Waals surface area contributed by atoms with Gasteiger partial charge in [0.2, 0.25) is 0 Å². The van der Waals surface area contributed by atoms with E-state index < -0.39 is 5.82 Å². The average molecular weight is 265 g/mol. The highest BCUT2D eigenvalue weighted by Crippen LogP contribution is 2.30. The van der Waals surface area contributed by atoms with Crippen LogP contribution >= 0.6 is 0 Å². The highest BCUT2D eigenvalue weighted by molar-refractivity contribution is 5.95. The van der Waals surface area contributed by atoms with Gasteiger partial charge in [-0.25, -0.2) is 9.37 Å². The van der Waals surface area contributed by atoms with E-state index in [1.165, 1.54) is 12.3 Å². The van der Waals surface area contributed by atoms with E-state index in [9.17, 15) is 9.18 Å². The number of anilines is 1. The SMILES string of the molecule is CNc1nccc(C(=O)N(CC(C)C)C2CC2)c1F. The number of nitrogens with one attached hydrogen (secondary N) is 1.